The molecule has 0 bridgehead atoms. The Morgan fingerprint density at radius 1 is 1.53 bits per heavy atom. The standard InChI is InChI=1S/C7H14O3.C3H4O2/c8-4-2-1-3-7-5-9-6-10-7;1-2-3(4)5/h7-8H,1-6H2;2H,1H2,(H,4,5). The number of carbonyl (C=O) groups is 1. The number of aliphatic hydroxyl groups excluding tert-OH is 1. The van der Waals surface area contributed by atoms with E-state index in [0.717, 1.165) is 31.9 Å². The van der Waals surface area contributed by atoms with Gasteiger partial charge in [-0.05, 0) is 19.3 Å². The van der Waals surface area contributed by atoms with Crippen LogP contribution in [0.3, 0.4) is 0 Å². The molecule has 88 valence electrons. The average Bonchev–Trinajstić information content (AvgIpc) is 2.72. The first kappa shape index (κ1) is 14.1. The first-order valence-electron chi connectivity index (χ1n) is 4.86. The predicted molar refractivity (Wildman–Crippen MR) is 54.5 cm³/mol. The molecule has 0 saturated carbocycles. The van der Waals surface area contributed by atoms with Gasteiger partial charge in [-0.15, -0.1) is 0 Å². The lowest BCUT2D eigenvalue weighted by Gasteiger charge is -2.04. The van der Waals surface area contributed by atoms with Crippen LogP contribution in [0.5, 0.6) is 0 Å². The number of unbranched alkanes of at least 4 members (excludes halogenated alkanes) is 1. The van der Waals surface area contributed by atoms with E-state index < -0.39 is 5.97 Å². The maximum Gasteiger partial charge on any atom is 0.327 e. The predicted octanol–water partition coefficient (Wildman–Crippen LogP) is 0.779. The van der Waals surface area contributed by atoms with E-state index in [0.29, 0.717) is 6.79 Å². The van der Waals surface area contributed by atoms with Gasteiger partial charge in [0.05, 0.1) is 12.7 Å². The van der Waals surface area contributed by atoms with E-state index in [4.69, 9.17) is 19.7 Å². The molecule has 0 spiro atoms. The summed E-state index contributed by atoms with van der Waals surface area (Å²) < 4.78 is 10.2. The molecule has 1 aliphatic heterocycles. The maximum absolute atomic E-state index is 9.25. The molecule has 5 heteroatoms. The van der Waals surface area contributed by atoms with Gasteiger partial charge in [0.25, 0.3) is 0 Å². The topological polar surface area (TPSA) is 76.0 Å². The third-order valence-electron chi connectivity index (χ3n) is 1.80. The van der Waals surface area contributed by atoms with Crippen molar-refractivity contribution in [1.29, 1.82) is 0 Å². The van der Waals surface area contributed by atoms with Gasteiger partial charge in [-0.25, -0.2) is 4.79 Å². The molecular formula is C10H18O5. The Morgan fingerprint density at radius 3 is 2.60 bits per heavy atom. The second-order valence-corrected chi connectivity index (χ2v) is 3.04. The van der Waals surface area contributed by atoms with Crippen molar-refractivity contribution < 1.29 is 24.5 Å². The molecular weight excluding hydrogens is 200 g/mol. The lowest BCUT2D eigenvalue weighted by molar-refractivity contribution is -0.131. The quantitative estimate of drug-likeness (QED) is 0.526. The number of hydrogen-bond acceptors (Lipinski definition) is 4. The summed E-state index contributed by atoms with van der Waals surface area (Å²) in [5, 5.41) is 16.1. The maximum atomic E-state index is 9.25. The van der Waals surface area contributed by atoms with Crippen LogP contribution in [-0.4, -0.2) is 42.3 Å². The number of hydrogen-bond donors (Lipinski definition) is 2. The van der Waals surface area contributed by atoms with E-state index in [1.165, 1.54) is 0 Å². The summed E-state index contributed by atoms with van der Waals surface area (Å²) in [6.45, 7) is 4.42. The fourth-order valence-electron chi connectivity index (χ4n) is 1.02. The third kappa shape index (κ3) is 9.40. The zero-order valence-electron chi connectivity index (χ0n) is 8.72. The lowest BCUT2D eigenvalue weighted by Crippen LogP contribution is -2.08. The molecule has 1 heterocycles. The van der Waals surface area contributed by atoms with E-state index in [1.54, 1.807) is 0 Å². The van der Waals surface area contributed by atoms with Gasteiger partial charge < -0.3 is 19.7 Å². The highest BCUT2D eigenvalue weighted by Gasteiger charge is 2.14. The van der Waals surface area contributed by atoms with E-state index >= 15 is 0 Å². The van der Waals surface area contributed by atoms with Crippen molar-refractivity contribution in [2.24, 2.45) is 0 Å². The van der Waals surface area contributed by atoms with Crippen molar-refractivity contribution in [3.05, 3.63) is 12.7 Å². The Balaban J connectivity index is 0.000000336. The molecule has 0 amide bonds. The molecule has 1 rings (SSSR count). The van der Waals surface area contributed by atoms with Crippen LogP contribution in [0.4, 0.5) is 0 Å². The Kier molecular flexibility index (Phi) is 9.05. The zero-order valence-corrected chi connectivity index (χ0v) is 8.72. The van der Waals surface area contributed by atoms with Gasteiger partial charge >= 0.3 is 5.97 Å². The molecule has 2 N–H and O–H groups in total. The molecule has 1 unspecified atom stereocenters. The molecule has 0 radical (unpaired) electrons. The SMILES string of the molecule is C=CC(=O)O.OCCCCC1COCO1. The van der Waals surface area contributed by atoms with E-state index in [-0.39, 0.29) is 12.7 Å². The Labute approximate surface area is 89.3 Å². The van der Waals surface area contributed by atoms with Crippen LogP contribution >= 0.6 is 0 Å². The van der Waals surface area contributed by atoms with E-state index in [9.17, 15) is 4.79 Å². The minimum absolute atomic E-state index is 0.284. The molecule has 1 saturated heterocycles. The Hall–Kier alpha value is -0.910. The molecule has 0 aromatic heterocycles. The highest BCUT2D eigenvalue weighted by Crippen LogP contribution is 2.10. The van der Waals surface area contributed by atoms with Crippen LogP contribution in [0, 0.1) is 0 Å². The average molecular weight is 218 g/mol. The van der Waals surface area contributed by atoms with Gasteiger partial charge in [0.15, 0.2) is 0 Å². The molecule has 1 fully saturated rings. The zero-order chi connectivity index (χ0) is 11.5. The van der Waals surface area contributed by atoms with Gasteiger partial charge in [0.2, 0.25) is 0 Å². The highest BCUT2D eigenvalue weighted by atomic mass is 16.7. The van der Waals surface area contributed by atoms with Crippen LogP contribution < -0.4 is 0 Å². The smallest absolute Gasteiger partial charge is 0.327 e. The second kappa shape index (κ2) is 9.64. The van der Waals surface area contributed by atoms with Crippen molar-refractivity contribution in [3.63, 3.8) is 0 Å². The van der Waals surface area contributed by atoms with Crippen LogP contribution in [0.2, 0.25) is 0 Å². The number of carboxylic acids is 1. The summed E-state index contributed by atoms with van der Waals surface area (Å²) in [5.41, 5.74) is 0. The van der Waals surface area contributed by atoms with Crippen molar-refractivity contribution in [2.45, 2.75) is 25.4 Å². The fourth-order valence-corrected chi connectivity index (χ4v) is 1.02. The first-order chi connectivity index (χ1) is 7.20. The largest absolute Gasteiger partial charge is 0.478 e. The third-order valence-corrected chi connectivity index (χ3v) is 1.80. The van der Waals surface area contributed by atoms with Gasteiger partial charge in [-0.2, -0.15) is 0 Å². The summed E-state index contributed by atoms with van der Waals surface area (Å²) >= 11 is 0. The molecule has 0 aliphatic carbocycles. The van der Waals surface area contributed by atoms with Crippen molar-refractivity contribution >= 4 is 5.97 Å². The van der Waals surface area contributed by atoms with E-state index in [1.807, 2.05) is 0 Å². The summed E-state index contributed by atoms with van der Waals surface area (Å²) in [6, 6.07) is 0. The van der Waals surface area contributed by atoms with Gasteiger partial charge in [0, 0.05) is 12.7 Å². The number of rotatable bonds is 5. The molecule has 5 nitrogen and oxygen atoms in total. The molecule has 1 atom stereocenters. The second-order valence-electron chi connectivity index (χ2n) is 3.04. The molecule has 15 heavy (non-hydrogen) atoms. The van der Waals surface area contributed by atoms with Crippen molar-refractivity contribution in [1.82, 2.24) is 0 Å². The monoisotopic (exact) mass is 218 g/mol. The lowest BCUT2D eigenvalue weighted by atomic mass is 10.2. The van der Waals surface area contributed by atoms with Crippen molar-refractivity contribution in [3.8, 4) is 0 Å². The summed E-state index contributed by atoms with van der Waals surface area (Å²) in [5.74, 6) is -0.981. The normalized spacial score (nSPS) is 19.1. The number of carboxylic acid groups (broad SMARTS) is 1. The summed E-state index contributed by atoms with van der Waals surface area (Å²) in [4.78, 5) is 9.25. The van der Waals surface area contributed by atoms with E-state index in [2.05, 4.69) is 6.58 Å². The minimum Gasteiger partial charge on any atom is -0.478 e. The first-order valence-corrected chi connectivity index (χ1v) is 4.86. The summed E-state index contributed by atoms with van der Waals surface area (Å²) in [6.07, 6.45) is 4.04. The minimum atomic E-state index is -0.981. The van der Waals surface area contributed by atoms with Crippen molar-refractivity contribution in [2.75, 3.05) is 20.0 Å². The number of ether oxygens (including phenoxy) is 2. The van der Waals surface area contributed by atoms with Gasteiger partial charge in [-0.3, -0.25) is 0 Å². The molecule has 0 aromatic rings. The fraction of sp³-hybridized carbons (Fsp3) is 0.700. The summed E-state index contributed by atoms with van der Waals surface area (Å²) in [7, 11) is 0. The van der Waals surface area contributed by atoms with Gasteiger partial charge in [-0.1, -0.05) is 6.58 Å². The van der Waals surface area contributed by atoms with Gasteiger partial charge in [0.1, 0.15) is 6.79 Å². The van der Waals surface area contributed by atoms with Crippen LogP contribution in [0.1, 0.15) is 19.3 Å². The molecule has 1 aliphatic rings. The highest BCUT2D eigenvalue weighted by molar-refractivity contribution is 5.78. The van der Waals surface area contributed by atoms with Crippen LogP contribution in [-0.2, 0) is 14.3 Å². The molecule has 0 aromatic carbocycles. The van der Waals surface area contributed by atoms with Crippen LogP contribution in [0.25, 0.3) is 0 Å². The Morgan fingerprint density at radius 2 is 2.20 bits per heavy atom. The number of aliphatic hydroxyl groups is 1. The Bertz CT molecular complexity index is 175. The number of aliphatic carboxylic acids is 1. The van der Waals surface area contributed by atoms with Crippen LogP contribution in [0.15, 0.2) is 12.7 Å².